The van der Waals surface area contributed by atoms with Crippen molar-refractivity contribution < 1.29 is 31.5 Å². The highest BCUT2D eigenvalue weighted by Gasteiger charge is 2.26. The van der Waals surface area contributed by atoms with Gasteiger partial charge in [-0.2, -0.15) is 8.78 Å². The fourth-order valence-electron chi connectivity index (χ4n) is 1.59. The van der Waals surface area contributed by atoms with Crippen molar-refractivity contribution in [1.82, 2.24) is 5.32 Å². The van der Waals surface area contributed by atoms with E-state index in [0.717, 1.165) is 6.26 Å². The van der Waals surface area contributed by atoms with Crippen LogP contribution in [0.4, 0.5) is 13.2 Å². The molecule has 21 heavy (non-hydrogen) atoms. The molecule has 2 unspecified atom stereocenters. The fraction of sp³-hybridized carbons (Fsp3) is 0.417. The van der Waals surface area contributed by atoms with Gasteiger partial charge in [0.1, 0.15) is 12.8 Å². The van der Waals surface area contributed by atoms with Gasteiger partial charge in [-0.25, -0.2) is 12.8 Å². The second-order valence-corrected chi connectivity index (χ2v) is 6.37. The third kappa shape index (κ3) is 4.71. The molecule has 1 aromatic carbocycles. The van der Waals surface area contributed by atoms with Crippen LogP contribution in [0, 0.1) is 0 Å². The summed E-state index contributed by atoms with van der Waals surface area (Å²) in [6.45, 7) is -1.26. The van der Waals surface area contributed by atoms with E-state index in [1.807, 2.05) is 0 Å². The van der Waals surface area contributed by atoms with Crippen molar-refractivity contribution in [2.45, 2.75) is 23.5 Å². The minimum atomic E-state index is -3.43. The van der Waals surface area contributed by atoms with Crippen molar-refractivity contribution >= 4 is 15.7 Å². The van der Waals surface area contributed by atoms with Gasteiger partial charge in [0.2, 0.25) is 0 Å². The monoisotopic (exact) mass is 325 g/mol. The highest BCUT2D eigenvalue weighted by molar-refractivity contribution is 7.90. The SMILES string of the molecule is CS(=O)(=O)c1ccc(C(O)C(CF)NC(=O)C(F)F)cc1. The lowest BCUT2D eigenvalue weighted by atomic mass is 10.0. The summed E-state index contributed by atoms with van der Waals surface area (Å²) in [5.41, 5.74) is 0.0969. The van der Waals surface area contributed by atoms with Gasteiger partial charge in [-0.05, 0) is 17.7 Å². The number of sulfone groups is 1. The van der Waals surface area contributed by atoms with Gasteiger partial charge in [0, 0.05) is 6.26 Å². The first-order valence-corrected chi connectivity index (χ1v) is 7.68. The zero-order valence-corrected chi connectivity index (χ0v) is 11.8. The van der Waals surface area contributed by atoms with Crippen LogP contribution in [-0.4, -0.2) is 44.8 Å². The number of aliphatic hydroxyl groups excluding tert-OH is 1. The van der Waals surface area contributed by atoms with Gasteiger partial charge >= 0.3 is 6.43 Å². The van der Waals surface area contributed by atoms with E-state index < -0.39 is 41.0 Å². The maximum absolute atomic E-state index is 12.8. The Labute approximate surface area is 119 Å². The molecule has 1 amide bonds. The quantitative estimate of drug-likeness (QED) is 0.812. The Morgan fingerprint density at radius 1 is 1.29 bits per heavy atom. The van der Waals surface area contributed by atoms with Gasteiger partial charge < -0.3 is 10.4 Å². The molecule has 2 atom stereocenters. The third-order valence-corrected chi connectivity index (χ3v) is 3.85. The van der Waals surface area contributed by atoms with E-state index in [2.05, 4.69) is 0 Å². The van der Waals surface area contributed by atoms with E-state index >= 15 is 0 Å². The molecule has 0 saturated carbocycles. The fourth-order valence-corrected chi connectivity index (χ4v) is 2.22. The second-order valence-electron chi connectivity index (χ2n) is 4.36. The molecule has 0 radical (unpaired) electrons. The molecule has 0 aromatic heterocycles. The van der Waals surface area contributed by atoms with Gasteiger partial charge in [0.05, 0.1) is 10.9 Å². The third-order valence-electron chi connectivity index (χ3n) is 2.72. The molecule has 0 fully saturated rings. The van der Waals surface area contributed by atoms with Crippen molar-refractivity contribution in [1.29, 1.82) is 0 Å². The van der Waals surface area contributed by atoms with Gasteiger partial charge in [-0.3, -0.25) is 4.79 Å². The van der Waals surface area contributed by atoms with E-state index in [9.17, 15) is 31.5 Å². The number of hydrogen-bond donors (Lipinski definition) is 2. The van der Waals surface area contributed by atoms with Crippen LogP contribution < -0.4 is 5.32 Å². The van der Waals surface area contributed by atoms with E-state index in [1.165, 1.54) is 24.3 Å². The summed E-state index contributed by atoms with van der Waals surface area (Å²) in [5.74, 6) is -1.69. The minimum absolute atomic E-state index is 0.00753. The summed E-state index contributed by atoms with van der Waals surface area (Å²) < 4.78 is 59.5. The van der Waals surface area contributed by atoms with E-state index in [0.29, 0.717) is 0 Å². The highest BCUT2D eigenvalue weighted by atomic mass is 32.2. The van der Waals surface area contributed by atoms with E-state index in [4.69, 9.17) is 0 Å². The number of carbonyl (C=O) groups is 1. The first-order valence-electron chi connectivity index (χ1n) is 5.79. The predicted octanol–water partition coefficient (Wildman–Crippen LogP) is 0.843. The number of aliphatic hydroxyl groups is 1. The molecule has 0 spiro atoms. The van der Waals surface area contributed by atoms with E-state index in [-0.39, 0.29) is 10.5 Å². The van der Waals surface area contributed by atoms with Crippen LogP contribution in [0.1, 0.15) is 11.7 Å². The van der Waals surface area contributed by atoms with Gasteiger partial charge in [0.15, 0.2) is 9.84 Å². The molecule has 0 bridgehead atoms. The standard InChI is InChI=1S/C12H14F3NO4S/c1-21(19,20)8-4-2-7(3-5-8)10(17)9(6-13)16-12(18)11(14)15/h2-5,9-11,17H,6H2,1H3,(H,16,18). The summed E-state index contributed by atoms with van der Waals surface area (Å²) in [4.78, 5) is 10.8. The summed E-state index contributed by atoms with van der Waals surface area (Å²) >= 11 is 0. The van der Waals surface area contributed by atoms with Crippen LogP contribution in [0.3, 0.4) is 0 Å². The van der Waals surface area contributed by atoms with Crippen LogP contribution in [0.15, 0.2) is 29.2 Å². The number of rotatable bonds is 6. The molecule has 0 saturated heterocycles. The number of alkyl halides is 3. The van der Waals surface area contributed by atoms with Gasteiger partial charge in [-0.1, -0.05) is 12.1 Å². The maximum atomic E-state index is 12.8. The molecule has 0 aliphatic heterocycles. The zero-order chi connectivity index (χ0) is 16.2. The predicted molar refractivity (Wildman–Crippen MR) is 68.4 cm³/mol. The number of amides is 1. The van der Waals surface area contributed by atoms with Crippen LogP contribution in [-0.2, 0) is 14.6 Å². The van der Waals surface area contributed by atoms with Crippen molar-refractivity contribution in [2.75, 3.05) is 12.9 Å². The topological polar surface area (TPSA) is 83.5 Å². The Balaban J connectivity index is 2.90. The molecule has 0 heterocycles. The lowest BCUT2D eigenvalue weighted by Crippen LogP contribution is -2.43. The van der Waals surface area contributed by atoms with Crippen LogP contribution >= 0.6 is 0 Å². The second kappa shape index (κ2) is 6.90. The molecule has 1 rings (SSSR count). The number of carbonyl (C=O) groups excluding carboxylic acids is 1. The Morgan fingerprint density at radius 3 is 2.19 bits per heavy atom. The Bertz CT molecular complexity index is 589. The number of halogens is 3. The number of benzene rings is 1. The molecule has 9 heteroatoms. The Morgan fingerprint density at radius 2 is 1.81 bits per heavy atom. The van der Waals surface area contributed by atoms with Gasteiger partial charge in [0.25, 0.3) is 5.91 Å². The minimum Gasteiger partial charge on any atom is -0.386 e. The summed E-state index contributed by atoms with van der Waals surface area (Å²) in [5, 5.41) is 11.5. The highest BCUT2D eigenvalue weighted by Crippen LogP contribution is 2.20. The number of nitrogens with one attached hydrogen (secondary N) is 1. The lowest BCUT2D eigenvalue weighted by Gasteiger charge is -2.21. The Hall–Kier alpha value is -1.61. The van der Waals surface area contributed by atoms with Crippen molar-refractivity contribution in [3.8, 4) is 0 Å². The lowest BCUT2D eigenvalue weighted by molar-refractivity contribution is -0.133. The first kappa shape index (κ1) is 17.4. The smallest absolute Gasteiger partial charge is 0.315 e. The van der Waals surface area contributed by atoms with Crippen LogP contribution in [0.5, 0.6) is 0 Å². The molecule has 0 aliphatic carbocycles. The molecule has 5 nitrogen and oxygen atoms in total. The molecular weight excluding hydrogens is 311 g/mol. The van der Waals surface area contributed by atoms with E-state index in [1.54, 1.807) is 5.32 Å². The average molecular weight is 325 g/mol. The first-order chi connectivity index (χ1) is 9.66. The largest absolute Gasteiger partial charge is 0.386 e. The summed E-state index contributed by atoms with van der Waals surface area (Å²) in [6, 6.07) is 3.28. The molecule has 118 valence electrons. The van der Waals surface area contributed by atoms with Crippen LogP contribution in [0.2, 0.25) is 0 Å². The van der Waals surface area contributed by atoms with Crippen molar-refractivity contribution in [3.05, 3.63) is 29.8 Å². The summed E-state index contributed by atoms with van der Waals surface area (Å²) in [7, 11) is -3.43. The molecular formula is C12H14F3NO4S. The maximum Gasteiger partial charge on any atom is 0.315 e. The van der Waals surface area contributed by atoms with Crippen LogP contribution in [0.25, 0.3) is 0 Å². The average Bonchev–Trinajstić information content (AvgIpc) is 2.42. The normalized spacial score (nSPS) is 14.8. The van der Waals surface area contributed by atoms with Crippen molar-refractivity contribution in [2.24, 2.45) is 0 Å². The van der Waals surface area contributed by atoms with Crippen molar-refractivity contribution in [3.63, 3.8) is 0 Å². The molecule has 1 aromatic rings. The Kier molecular flexibility index (Phi) is 5.73. The number of hydrogen-bond acceptors (Lipinski definition) is 4. The molecule has 2 N–H and O–H groups in total. The zero-order valence-electron chi connectivity index (χ0n) is 11.0. The summed E-state index contributed by atoms with van der Waals surface area (Å²) in [6.07, 6.45) is -3.91. The van der Waals surface area contributed by atoms with Gasteiger partial charge in [-0.15, -0.1) is 0 Å². The molecule has 0 aliphatic rings.